The van der Waals surface area contributed by atoms with Crippen LogP contribution in [-0.2, 0) is 10.2 Å². The van der Waals surface area contributed by atoms with Crippen molar-refractivity contribution in [1.29, 1.82) is 0 Å². The Morgan fingerprint density at radius 2 is 2.00 bits per heavy atom. The molecule has 1 aliphatic heterocycles. The van der Waals surface area contributed by atoms with Crippen LogP contribution in [0.25, 0.3) is 11.3 Å². The van der Waals surface area contributed by atoms with Crippen LogP contribution >= 0.6 is 11.6 Å². The minimum Gasteiger partial charge on any atom is -0.369 e. The van der Waals surface area contributed by atoms with Gasteiger partial charge in [-0.15, -0.1) is 0 Å². The van der Waals surface area contributed by atoms with E-state index in [9.17, 15) is 4.79 Å². The topological polar surface area (TPSA) is 75.0 Å². The molecule has 3 N–H and O–H groups in total. The van der Waals surface area contributed by atoms with Crippen LogP contribution < -0.4 is 5.73 Å². The Bertz CT molecular complexity index is 706. The van der Waals surface area contributed by atoms with Crippen LogP contribution in [0.5, 0.6) is 0 Å². The third-order valence-electron chi connectivity index (χ3n) is 4.98. The van der Waals surface area contributed by atoms with Gasteiger partial charge in [-0.05, 0) is 64.0 Å². The average Bonchev–Trinajstić information content (AvgIpc) is 3.25. The lowest BCUT2D eigenvalue weighted by Gasteiger charge is -2.27. The number of carbonyl (C=O) groups excluding carboxylic acids is 1. The molecule has 5 nitrogen and oxygen atoms in total. The molecule has 0 aliphatic carbocycles. The van der Waals surface area contributed by atoms with Crippen LogP contribution in [0.4, 0.5) is 0 Å². The zero-order chi connectivity index (χ0) is 17.2. The largest absolute Gasteiger partial charge is 0.369 e. The van der Waals surface area contributed by atoms with E-state index in [0.29, 0.717) is 11.4 Å². The number of nitrogens with one attached hydrogen (secondary N) is 1. The number of aromatic nitrogens is 2. The van der Waals surface area contributed by atoms with Crippen LogP contribution in [-0.4, -0.2) is 40.6 Å². The van der Waals surface area contributed by atoms with E-state index in [4.69, 9.17) is 17.3 Å². The van der Waals surface area contributed by atoms with E-state index in [1.165, 1.54) is 12.8 Å². The fourth-order valence-corrected chi connectivity index (χ4v) is 3.28. The predicted molar refractivity (Wildman–Crippen MR) is 95.9 cm³/mol. The van der Waals surface area contributed by atoms with Crippen LogP contribution in [0.3, 0.4) is 0 Å². The molecule has 0 radical (unpaired) electrons. The summed E-state index contributed by atoms with van der Waals surface area (Å²) < 4.78 is 0. The van der Waals surface area contributed by atoms with Crippen molar-refractivity contribution in [2.75, 3.05) is 19.6 Å². The summed E-state index contributed by atoms with van der Waals surface area (Å²) in [5.41, 5.74) is 7.49. The maximum atomic E-state index is 12.2. The third-order valence-corrected chi connectivity index (χ3v) is 5.23. The Morgan fingerprint density at radius 3 is 2.62 bits per heavy atom. The molecule has 2 heterocycles. The minimum absolute atomic E-state index is 0.326. The fourth-order valence-electron chi connectivity index (χ4n) is 3.15. The highest BCUT2D eigenvalue weighted by molar-refractivity contribution is 6.30. The summed E-state index contributed by atoms with van der Waals surface area (Å²) in [6.07, 6.45) is 3.15. The number of amides is 1. The van der Waals surface area contributed by atoms with Gasteiger partial charge < -0.3 is 10.6 Å². The monoisotopic (exact) mass is 346 g/mol. The predicted octanol–water partition coefficient (Wildman–Crippen LogP) is 2.96. The molecule has 128 valence electrons. The zero-order valence-corrected chi connectivity index (χ0v) is 14.6. The van der Waals surface area contributed by atoms with E-state index in [0.717, 1.165) is 36.6 Å². The van der Waals surface area contributed by atoms with Gasteiger partial charge in [0.25, 0.3) is 0 Å². The van der Waals surface area contributed by atoms with Crippen molar-refractivity contribution in [1.82, 2.24) is 15.1 Å². The molecule has 1 atom stereocenters. The number of rotatable bonds is 6. The first-order chi connectivity index (χ1) is 11.5. The number of hydrogen-bond acceptors (Lipinski definition) is 3. The first-order valence-corrected chi connectivity index (χ1v) is 8.71. The third kappa shape index (κ3) is 3.47. The van der Waals surface area contributed by atoms with Crippen molar-refractivity contribution < 1.29 is 4.79 Å². The minimum atomic E-state index is -0.750. The van der Waals surface area contributed by atoms with Gasteiger partial charge in [-0.3, -0.25) is 9.89 Å². The second kappa shape index (κ2) is 6.95. The molecule has 3 rings (SSSR count). The second-order valence-corrected chi connectivity index (χ2v) is 7.11. The van der Waals surface area contributed by atoms with Gasteiger partial charge in [0.1, 0.15) is 0 Å². The molecule has 24 heavy (non-hydrogen) atoms. The van der Waals surface area contributed by atoms with Crippen LogP contribution in [0.15, 0.2) is 30.3 Å². The van der Waals surface area contributed by atoms with E-state index in [2.05, 4.69) is 15.1 Å². The van der Waals surface area contributed by atoms with E-state index >= 15 is 0 Å². The summed E-state index contributed by atoms with van der Waals surface area (Å²) in [6, 6.07) is 9.39. The number of primary amides is 1. The molecule has 1 unspecified atom stereocenters. The number of nitrogens with zero attached hydrogens (tertiary/aromatic N) is 2. The quantitative estimate of drug-likeness (QED) is 0.844. The SMILES string of the molecule is CC(CCN1CCCC1)(C(N)=O)c1cc(-c2ccc(Cl)cc2)n[nH]1. The summed E-state index contributed by atoms with van der Waals surface area (Å²) in [5.74, 6) is -0.326. The van der Waals surface area contributed by atoms with Gasteiger partial charge in [0.05, 0.1) is 16.8 Å². The Morgan fingerprint density at radius 1 is 1.33 bits per heavy atom. The number of halogens is 1. The molecule has 2 aromatic rings. The summed E-state index contributed by atoms with van der Waals surface area (Å²) >= 11 is 5.93. The number of nitrogens with two attached hydrogens (primary N) is 1. The van der Waals surface area contributed by atoms with Gasteiger partial charge in [-0.2, -0.15) is 5.10 Å². The van der Waals surface area contributed by atoms with Crippen molar-refractivity contribution in [2.24, 2.45) is 5.73 Å². The summed E-state index contributed by atoms with van der Waals surface area (Å²) in [7, 11) is 0. The number of likely N-dealkylation sites (tertiary alicyclic amines) is 1. The number of carbonyl (C=O) groups is 1. The Hall–Kier alpha value is -1.85. The second-order valence-electron chi connectivity index (χ2n) is 6.67. The van der Waals surface area contributed by atoms with Crippen molar-refractivity contribution in [3.8, 4) is 11.3 Å². The van der Waals surface area contributed by atoms with Gasteiger partial charge >= 0.3 is 0 Å². The normalized spacial score (nSPS) is 17.8. The molecule has 1 aromatic heterocycles. The highest BCUT2D eigenvalue weighted by Crippen LogP contribution is 2.30. The van der Waals surface area contributed by atoms with Gasteiger partial charge in [-0.25, -0.2) is 0 Å². The molecule has 0 saturated carbocycles. The fraction of sp³-hybridized carbons (Fsp3) is 0.444. The smallest absolute Gasteiger partial charge is 0.229 e. The Balaban J connectivity index is 1.80. The highest BCUT2D eigenvalue weighted by Gasteiger charge is 2.35. The van der Waals surface area contributed by atoms with Crippen molar-refractivity contribution in [3.05, 3.63) is 41.0 Å². The van der Waals surface area contributed by atoms with Gasteiger partial charge in [0.2, 0.25) is 5.91 Å². The first kappa shape index (κ1) is 17.0. The lowest BCUT2D eigenvalue weighted by atomic mass is 9.82. The average molecular weight is 347 g/mol. The van der Waals surface area contributed by atoms with Gasteiger partial charge in [0, 0.05) is 10.6 Å². The molecule has 0 spiro atoms. The standard InChI is InChI=1S/C18H23ClN4O/c1-18(17(20)24,8-11-23-9-2-3-10-23)16-12-15(21-22-16)13-4-6-14(19)7-5-13/h4-7,12H,2-3,8-11H2,1H3,(H2,20,24)(H,21,22). The molecular formula is C18H23ClN4O. The maximum absolute atomic E-state index is 12.2. The van der Waals surface area contributed by atoms with E-state index in [-0.39, 0.29) is 5.91 Å². The number of aromatic amines is 1. The van der Waals surface area contributed by atoms with Crippen molar-refractivity contribution >= 4 is 17.5 Å². The molecular weight excluding hydrogens is 324 g/mol. The van der Waals surface area contributed by atoms with Crippen LogP contribution in [0.2, 0.25) is 5.02 Å². The van der Waals surface area contributed by atoms with Crippen LogP contribution in [0, 0.1) is 0 Å². The maximum Gasteiger partial charge on any atom is 0.229 e. The van der Waals surface area contributed by atoms with Crippen molar-refractivity contribution in [2.45, 2.75) is 31.6 Å². The van der Waals surface area contributed by atoms with Crippen molar-refractivity contribution in [3.63, 3.8) is 0 Å². The molecule has 6 heteroatoms. The summed E-state index contributed by atoms with van der Waals surface area (Å²) in [4.78, 5) is 14.5. The number of H-pyrrole nitrogens is 1. The highest BCUT2D eigenvalue weighted by atomic mass is 35.5. The lowest BCUT2D eigenvalue weighted by molar-refractivity contribution is -0.123. The number of benzene rings is 1. The van der Waals surface area contributed by atoms with E-state index in [1.54, 1.807) is 0 Å². The van der Waals surface area contributed by atoms with E-state index in [1.807, 2.05) is 37.3 Å². The summed E-state index contributed by atoms with van der Waals surface area (Å²) in [5, 5.41) is 8.05. The molecule has 0 bridgehead atoms. The molecule has 1 amide bonds. The lowest BCUT2D eigenvalue weighted by Crippen LogP contribution is -2.41. The zero-order valence-electron chi connectivity index (χ0n) is 13.9. The number of hydrogen-bond donors (Lipinski definition) is 2. The molecule has 1 saturated heterocycles. The first-order valence-electron chi connectivity index (χ1n) is 8.33. The van der Waals surface area contributed by atoms with E-state index < -0.39 is 5.41 Å². The van der Waals surface area contributed by atoms with Gasteiger partial charge in [-0.1, -0.05) is 23.7 Å². The van der Waals surface area contributed by atoms with Gasteiger partial charge in [0.15, 0.2) is 0 Å². The molecule has 1 aliphatic rings. The Labute approximate surface area is 147 Å². The van der Waals surface area contributed by atoms with Crippen LogP contribution in [0.1, 0.15) is 31.9 Å². The summed E-state index contributed by atoms with van der Waals surface area (Å²) in [6.45, 7) is 4.97. The Kier molecular flexibility index (Phi) is 4.92. The molecule has 1 fully saturated rings. The molecule has 1 aromatic carbocycles.